The second kappa shape index (κ2) is 3.19. The number of nitrogens with zero attached hydrogens (tertiary/aromatic N) is 1. The highest BCUT2D eigenvalue weighted by atomic mass is 15.2. The van der Waals surface area contributed by atoms with Gasteiger partial charge in [0.05, 0.1) is 11.4 Å². The highest BCUT2D eigenvalue weighted by Crippen LogP contribution is 2.34. The first-order valence-electron chi connectivity index (χ1n) is 5.17. The van der Waals surface area contributed by atoms with Crippen LogP contribution in [0.15, 0.2) is 12.1 Å². The number of likely N-dealkylation sites (N-methyl/N-ethyl adjacent to an activating group) is 1. The van der Waals surface area contributed by atoms with Crippen molar-refractivity contribution >= 4 is 11.4 Å². The minimum absolute atomic E-state index is 0.537. The van der Waals surface area contributed by atoms with Crippen LogP contribution in [0.5, 0.6) is 0 Å². The SMILES string of the molecule is Cc1ccc2c(c1C)N(C)CC(C)N2. The number of hydrogen-bond acceptors (Lipinski definition) is 2. The zero-order chi connectivity index (χ0) is 10.3. The van der Waals surface area contributed by atoms with Crippen LogP contribution < -0.4 is 10.2 Å². The Morgan fingerprint density at radius 2 is 2.07 bits per heavy atom. The van der Waals surface area contributed by atoms with Crippen LogP contribution in [0.25, 0.3) is 0 Å². The van der Waals surface area contributed by atoms with Gasteiger partial charge in [-0.25, -0.2) is 0 Å². The molecule has 2 rings (SSSR count). The van der Waals surface area contributed by atoms with E-state index >= 15 is 0 Å². The van der Waals surface area contributed by atoms with Crippen LogP contribution in [0.3, 0.4) is 0 Å². The van der Waals surface area contributed by atoms with Crippen molar-refractivity contribution < 1.29 is 0 Å². The fourth-order valence-electron chi connectivity index (χ4n) is 2.22. The normalized spacial score (nSPS) is 20.3. The summed E-state index contributed by atoms with van der Waals surface area (Å²) in [5.74, 6) is 0. The van der Waals surface area contributed by atoms with E-state index in [9.17, 15) is 0 Å². The van der Waals surface area contributed by atoms with Crippen molar-refractivity contribution in [3.63, 3.8) is 0 Å². The highest BCUT2D eigenvalue weighted by molar-refractivity contribution is 5.76. The van der Waals surface area contributed by atoms with E-state index in [-0.39, 0.29) is 0 Å². The largest absolute Gasteiger partial charge is 0.379 e. The molecule has 0 aromatic heterocycles. The summed E-state index contributed by atoms with van der Waals surface area (Å²) < 4.78 is 0. The van der Waals surface area contributed by atoms with E-state index < -0.39 is 0 Å². The quantitative estimate of drug-likeness (QED) is 0.676. The molecular formula is C12H18N2. The number of aryl methyl sites for hydroxylation is 1. The Morgan fingerprint density at radius 1 is 1.36 bits per heavy atom. The lowest BCUT2D eigenvalue weighted by molar-refractivity contribution is 0.735. The van der Waals surface area contributed by atoms with Gasteiger partial charge in [-0.3, -0.25) is 0 Å². The summed E-state index contributed by atoms with van der Waals surface area (Å²) in [5, 5.41) is 3.52. The molecule has 1 atom stereocenters. The number of rotatable bonds is 0. The van der Waals surface area contributed by atoms with Gasteiger partial charge in [-0.1, -0.05) is 6.07 Å². The van der Waals surface area contributed by atoms with Gasteiger partial charge < -0.3 is 10.2 Å². The van der Waals surface area contributed by atoms with Crippen LogP contribution >= 0.6 is 0 Å². The summed E-state index contributed by atoms with van der Waals surface area (Å²) in [4.78, 5) is 2.35. The predicted molar refractivity (Wildman–Crippen MR) is 62.3 cm³/mol. The fourth-order valence-corrected chi connectivity index (χ4v) is 2.22. The lowest BCUT2D eigenvalue weighted by Gasteiger charge is -2.34. The molecule has 0 fully saturated rings. The van der Waals surface area contributed by atoms with E-state index in [1.807, 2.05) is 0 Å². The fraction of sp³-hybridized carbons (Fsp3) is 0.500. The molecule has 0 amide bonds. The molecule has 1 N–H and O–H groups in total. The van der Waals surface area contributed by atoms with Gasteiger partial charge in [0.1, 0.15) is 0 Å². The third kappa shape index (κ3) is 1.35. The van der Waals surface area contributed by atoms with E-state index in [1.165, 1.54) is 22.5 Å². The van der Waals surface area contributed by atoms with Crippen molar-refractivity contribution in [2.75, 3.05) is 23.8 Å². The van der Waals surface area contributed by atoms with Gasteiger partial charge in [-0.2, -0.15) is 0 Å². The minimum Gasteiger partial charge on any atom is -0.379 e. The summed E-state index contributed by atoms with van der Waals surface area (Å²) in [6.07, 6.45) is 0. The van der Waals surface area contributed by atoms with Crippen LogP contribution in [0.1, 0.15) is 18.1 Å². The Morgan fingerprint density at radius 3 is 2.79 bits per heavy atom. The minimum atomic E-state index is 0.537. The maximum atomic E-state index is 3.52. The van der Waals surface area contributed by atoms with Gasteiger partial charge in [-0.05, 0) is 38.0 Å². The Bertz CT molecular complexity index is 358. The first-order valence-corrected chi connectivity index (χ1v) is 5.17. The molecule has 1 aromatic rings. The summed E-state index contributed by atoms with van der Waals surface area (Å²) in [7, 11) is 2.17. The van der Waals surface area contributed by atoms with Crippen molar-refractivity contribution in [3.05, 3.63) is 23.3 Å². The predicted octanol–water partition coefficient (Wildman–Crippen LogP) is 2.55. The summed E-state index contributed by atoms with van der Waals surface area (Å²) in [6, 6.07) is 4.91. The van der Waals surface area contributed by atoms with Crippen molar-refractivity contribution in [3.8, 4) is 0 Å². The second-order valence-electron chi connectivity index (χ2n) is 4.33. The van der Waals surface area contributed by atoms with Gasteiger partial charge in [0, 0.05) is 19.6 Å². The molecule has 0 spiro atoms. The van der Waals surface area contributed by atoms with Gasteiger partial charge in [-0.15, -0.1) is 0 Å². The van der Waals surface area contributed by atoms with Gasteiger partial charge >= 0.3 is 0 Å². The first-order chi connectivity index (χ1) is 6.59. The summed E-state index contributed by atoms with van der Waals surface area (Å²) in [6.45, 7) is 7.66. The maximum Gasteiger partial charge on any atom is 0.0632 e. The molecule has 1 unspecified atom stereocenters. The third-order valence-corrected chi connectivity index (χ3v) is 3.03. The van der Waals surface area contributed by atoms with Crippen molar-refractivity contribution in [1.82, 2.24) is 0 Å². The molecule has 0 saturated heterocycles. The lowest BCUT2D eigenvalue weighted by atomic mass is 10.0. The van der Waals surface area contributed by atoms with E-state index in [2.05, 4.69) is 50.2 Å². The first kappa shape index (κ1) is 9.38. The Hall–Kier alpha value is -1.18. The van der Waals surface area contributed by atoms with Crippen molar-refractivity contribution in [1.29, 1.82) is 0 Å². The van der Waals surface area contributed by atoms with E-state index in [4.69, 9.17) is 0 Å². The Kier molecular flexibility index (Phi) is 2.14. The van der Waals surface area contributed by atoms with Gasteiger partial charge in [0.25, 0.3) is 0 Å². The Labute approximate surface area is 85.9 Å². The second-order valence-corrected chi connectivity index (χ2v) is 4.33. The number of anilines is 2. The van der Waals surface area contributed by atoms with Crippen LogP contribution in [0, 0.1) is 13.8 Å². The zero-order valence-electron chi connectivity index (χ0n) is 9.39. The van der Waals surface area contributed by atoms with E-state index in [0.29, 0.717) is 6.04 Å². The molecular weight excluding hydrogens is 172 g/mol. The van der Waals surface area contributed by atoms with E-state index in [1.54, 1.807) is 0 Å². The number of hydrogen-bond donors (Lipinski definition) is 1. The number of fused-ring (bicyclic) bond motifs is 1. The number of benzene rings is 1. The molecule has 76 valence electrons. The van der Waals surface area contributed by atoms with Gasteiger partial charge in [0.15, 0.2) is 0 Å². The molecule has 1 aliphatic rings. The molecule has 0 bridgehead atoms. The van der Waals surface area contributed by atoms with Crippen LogP contribution in [-0.4, -0.2) is 19.6 Å². The molecule has 0 saturated carbocycles. The standard InChI is InChI=1S/C12H18N2/c1-8-5-6-11-12(10(8)3)14(4)7-9(2)13-11/h5-6,9,13H,7H2,1-4H3. The molecule has 1 aliphatic heterocycles. The van der Waals surface area contributed by atoms with E-state index in [0.717, 1.165) is 6.54 Å². The zero-order valence-corrected chi connectivity index (χ0v) is 9.39. The topological polar surface area (TPSA) is 15.3 Å². The monoisotopic (exact) mass is 190 g/mol. The molecule has 1 aromatic carbocycles. The molecule has 0 radical (unpaired) electrons. The smallest absolute Gasteiger partial charge is 0.0632 e. The van der Waals surface area contributed by atoms with Gasteiger partial charge in [0.2, 0.25) is 0 Å². The van der Waals surface area contributed by atoms with Crippen molar-refractivity contribution in [2.45, 2.75) is 26.8 Å². The van der Waals surface area contributed by atoms with Crippen LogP contribution in [0.4, 0.5) is 11.4 Å². The average molecular weight is 190 g/mol. The summed E-state index contributed by atoms with van der Waals surface area (Å²) >= 11 is 0. The summed E-state index contributed by atoms with van der Waals surface area (Å²) in [5.41, 5.74) is 5.40. The third-order valence-electron chi connectivity index (χ3n) is 3.03. The maximum absolute atomic E-state index is 3.52. The number of nitrogens with one attached hydrogen (secondary N) is 1. The Balaban J connectivity index is 2.54. The van der Waals surface area contributed by atoms with Crippen molar-refractivity contribution in [2.24, 2.45) is 0 Å². The molecule has 2 heteroatoms. The average Bonchev–Trinajstić information content (AvgIpc) is 2.10. The lowest BCUT2D eigenvalue weighted by Crippen LogP contribution is -2.37. The molecule has 1 heterocycles. The highest BCUT2D eigenvalue weighted by Gasteiger charge is 2.20. The molecule has 0 aliphatic carbocycles. The molecule has 2 nitrogen and oxygen atoms in total. The van der Waals surface area contributed by atoms with Crippen LogP contribution in [-0.2, 0) is 0 Å². The molecule has 14 heavy (non-hydrogen) atoms. The van der Waals surface area contributed by atoms with Crippen LogP contribution in [0.2, 0.25) is 0 Å².